The predicted molar refractivity (Wildman–Crippen MR) is 105 cm³/mol. The molecule has 1 saturated heterocycles. The first-order valence-electron chi connectivity index (χ1n) is 8.48. The maximum absolute atomic E-state index is 12.2. The summed E-state index contributed by atoms with van der Waals surface area (Å²) < 4.78 is 28.6. The molecular weight excluding hydrogens is 406 g/mol. The third kappa shape index (κ3) is 3.99. The standard InChI is InChI=1S/C16H17N5O3S3/c22-13(21-8-4-1-5-9-21)10-25-16-19-18-15(26-16)17-14-11-6-2-3-7-12(11)27(23,24)20-14/h2-3,6-7H,1,4-5,8-10H2,(H,17,18,20). The van der Waals surface area contributed by atoms with Crippen LogP contribution in [0.25, 0.3) is 0 Å². The summed E-state index contributed by atoms with van der Waals surface area (Å²) in [5, 5.41) is 11.5. The van der Waals surface area contributed by atoms with Gasteiger partial charge in [-0.1, -0.05) is 35.2 Å². The van der Waals surface area contributed by atoms with E-state index in [-0.39, 0.29) is 16.6 Å². The fourth-order valence-electron chi connectivity index (χ4n) is 2.97. The molecule has 27 heavy (non-hydrogen) atoms. The van der Waals surface area contributed by atoms with Crippen molar-refractivity contribution in [3.8, 4) is 0 Å². The van der Waals surface area contributed by atoms with Crippen molar-refractivity contribution in [2.45, 2.75) is 28.5 Å². The van der Waals surface area contributed by atoms with Crippen LogP contribution in [0.2, 0.25) is 0 Å². The van der Waals surface area contributed by atoms with E-state index in [1.807, 2.05) is 4.90 Å². The molecule has 3 heterocycles. The van der Waals surface area contributed by atoms with Gasteiger partial charge in [-0.25, -0.2) is 0 Å². The Morgan fingerprint density at radius 3 is 2.78 bits per heavy atom. The van der Waals surface area contributed by atoms with E-state index in [2.05, 4.69) is 19.9 Å². The molecule has 0 spiro atoms. The van der Waals surface area contributed by atoms with Gasteiger partial charge in [0.2, 0.25) is 11.0 Å². The average molecular weight is 424 g/mol. The number of hydrogen-bond donors (Lipinski definition) is 1. The van der Waals surface area contributed by atoms with E-state index in [1.165, 1.54) is 35.6 Å². The zero-order chi connectivity index (χ0) is 18.9. The number of thioether (sulfide) groups is 1. The number of nitrogens with zero attached hydrogens (tertiary/aromatic N) is 4. The second-order valence-electron chi connectivity index (χ2n) is 6.14. The number of hydrogen-bond acceptors (Lipinski definition) is 8. The predicted octanol–water partition coefficient (Wildman–Crippen LogP) is 2.20. The van der Waals surface area contributed by atoms with Crippen LogP contribution >= 0.6 is 23.1 Å². The smallest absolute Gasteiger partial charge is 0.285 e. The topological polar surface area (TPSA) is 105 Å². The molecule has 0 unspecified atom stereocenters. The molecule has 142 valence electrons. The Kier molecular flexibility index (Phi) is 5.15. The highest BCUT2D eigenvalue weighted by Gasteiger charge is 2.29. The zero-order valence-electron chi connectivity index (χ0n) is 14.3. The lowest BCUT2D eigenvalue weighted by Crippen LogP contribution is -2.36. The number of anilines is 1. The first kappa shape index (κ1) is 18.4. The van der Waals surface area contributed by atoms with Crippen molar-refractivity contribution < 1.29 is 13.2 Å². The minimum absolute atomic E-state index is 0.115. The molecule has 11 heteroatoms. The summed E-state index contributed by atoms with van der Waals surface area (Å²) in [6, 6.07) is 6.63. The van der Waals surface area contributed by atoms with Gasteiger partial charge in [0.1, 0.15) is 4.90 Å². The molecule has 8 nitrogen and oxygen atoms in total. The van der Waals surface area contributed by atoms with Crippen molar-refractivity contribution in [1.29, 1.82) is 0 Å². The van der Waals surface area contributed by atoms with Gasteiger partial charge in [-0.2, -0.15) is 8.42 Å². The van der Waals surface area contributed by atoms with E-state index in [0.717, 1.165) is 25.9 Å². The summed E-state index contributed by atoms with van der Waals surface area (Å²) in [7, 11) is -3.68. The van der Waals surface area contributed by atoms with E-state index in [4.69, 9.17) is 0 Å². The van der Waals surface area contributed by atoms with Gasteiger partial charge in [0.25, 0.3) is 10.0 Å². The second-order valence-corrected chi connectivity index (χ2v) is 9.91. The number of benzene rings is 1. The fraction of sp³-hybridized carbons (Fsp3) is 0.375. The second kappa shape index (κ2) is 7.56. The minimum atomic E-state index is -3.68. The van der Waals surface area contributed by atoms with Gasteiger partial charge < -0.3 is 10.2 Å². The van der Waals surface area contributed by atoms with Crippen LogP contribution in [-0.2, 0) is 14.8 Å². The molecule has 0 aliphatic carbocycles. The Labute approximate surface area is 165 Å². The highest BCUT2D eigenvalue weighted by Crippen LogP contribution is 2.30. The number of amides is 1. The summed E-state index contributed by atoms with van der Waals surface area (Å²) in [5.41, 5.74) is 0.516. The zero-order valence-corrected chi connectivity index (χ0v) is 16.7. The van der Waals surface area contributed by atoms with Crippen molar-refractivity contribution in [1.82, 2.24) is 15.1 Å². The van der Waals surface area contributed by atoms with E-state index < -0.39 is 10.0 Å². The van der Waals surface area contributed by atoms with Gasteiger partial charge in [0.15, 0.2) is 10.2 Å². The number of carbonyl (C=O) groups excluding carboxylic acids is 1. The van der Waals surface area contributed by atoms with Crippen LogP contribution in [0.4, 0.5) is 5.13 Å². The first-order chi connectivity index (χ1) is 13.0. The molecule has 0 atom stereocenters. The Hall–Kier alpha value is -1.98. The minimum Gasteiger partial charge on any atom is -0.342 e. The number of aromatic nitrogens is 2. The summed E-state index contributed by atoms with van der Waals surface area (Å²) in [6.07, 6.45) is 3.32. The summed E-state index contributed by atoms with van der Waals surface area (Å²) in [5.74, 6) is 0.680. The van der Waals surface area contributed by atoms with Crippen molar-refractivity contribution in [2.24, 2.45) is 4.40 Å². The molecule has 0 radical (unpaired) electrons. The highest BCUT2D eigenvalue weighted by atomic mass is 32.2. The normalized spacial score (nSPS) is 18.1. The van der Waals surface area contributed by atoms with Crippen LogP contribution in [0.1, 0.15) is 24.8 Å². The number of fused-ring (bicyclic) bond motifs is 1. The van der Waals surface area contributed by atoms with E-state index in [0.29, 0.717) is 20.8 Å². The third-order valence-corrected chi connectivity index (χ3v) is 7.58. The number of piperidine rings is 1. The summed E-state index contributed by atoms with van der Waals surface area (Å²) >= 11 is 2.61. The van der Waals surface area contributed by atoms with Crippen molar-refractivity contribution in [2.75, 3.05) is 24.2 Å². The molecular formula is C16H17N5O3S3. The molecule has 2 aliphatic heterocycles. The molecule has 1 aromatic heterocycles. The molecule has 2 aliphatic rings. The number of likely N-dealkylation sites (tertiary alicyclic amines) is 1. The van der Waals surface area contributed by atoms with Crippen LogP contribution in [0.3, 0.4) is 0 Å². The van der Waals surface area contributed by atoms with E-state index in [1.54, 1.807) is 18.2 Å². The Bertz CT molecular complexity index is 996. The van der Waals surface area contributed by atoms with Crippen LogP contribution in [0.15, 0.2) is 37.9 Å². The number of rotatable bonds is 4. The molecule has 1 aromatic carbocycles. The Morgan fingerprint density at radius 1 is 1.19 bits per heavy atom. The monoisotopic (exact) mass is 423 g/mol. The van der Waals surface area contributed by atoms with E-state index >= 15 is 0 Å². The fourth-order valence-corrected chi connectivity index (χ4v) is 5.80. The van der Waals surface area contributed by atoms with Crippen LogP contribution in [-0.4, -0.2) is 54.1 Å². The number of amidine groups is 1. The number of sulfonamides is 1. The molecule has 4 rings (SSSR count). The third-order valence-electron chi connectivity index (χ3n) is 4.29. The molecule has 0 bridgehead atoms. The van der Waals surface area contributed by atoms with Gasteiger partial charge in [0, 0.05) is 18.7 Å². The lowest BCUT2D eigenvalue weighted by Gasteiger charge is -2.26. The summed E-state index contributed by atoms with van der Waals surface area (Å²) in [4.78, 5) is 14.3. The average Bonchev–Trinajstić information content (AvgIpc) is 3.23. The highest BCUT2D eigenvalue weighted by molar-refractivity contribution is 8.01. The molecule has 1 fully saturated rings. The first-order valence-corrected chi connectivity index (χ1v) is 11.7. The molecule has 0 saturated carbocycles. The van der Waals surface area contributed by atoms with Gasteiger partial charge in [-0.3, -0.25) is 4.79 Å². The molecule has 1 amide bonds. The SMILES string of the molecule is O=C(CSc1nnc(NC2=NS(=O)(=O)c3ccccc32)s1)N1CCCCC1. The largest absolute Gasteiger partial charge is 0.342 e. The lowest BCUT2D eigenvalue weighted by atomic mass is 10.1. The van der Waals surface area contributed by atoms with Crippen molar-refractivity contribution in [3.05, 3.63) is 29.8 Å². The maximum atomic E-state index is 12.2. The van der Waals surface area contributed by atoms with Gasteiger partial charge in [0.05, 0.1) is 5.75 Å². The Balaban J connectivity index is 1.40. The van der Waals surface area contributed by atoms with Crippen LogP contribution < -0.4 is 5.32 Å². The van der Waals surface area contributed by atoms with Crippen molar-refractivity contribution in [3.63, 3.8) is 0 Å². The van der Waals surface area contributed by atoms with Crippen molar-refractivity contribution >= 4 is 50.0 Å². The quantitative estimate of drug-likeness (QED) is 0.752. The molecule has 2 aromatic rings. The Morgan fingerprint density at radius 2 is 1.96 bits per heavy atom. The lowest BCUT2D eigenvalue weighted by molar-refractivity contribution is -0.129. The number of carbonyl (C=O) groups is 1. The maximum Gasteiger partial charge on any atom is 0.285 e. The van der Waals surface area contributed by atoms with Gasteiger partial charge >= 0.3 is 0 Å². The van der Waals surface area contributed by atoms with Gasteiger partial charge in [-0.05, 0) is 31.4 Å². The molecule has 1 N–H and O–H groups in total. The summed E-state index contributed by atoms with van der Waals surface area (Å²) in [6.45, 7) is 1.66. The number of nitrogens with one attached hydrogen (secondary N) is 1. The van der Waals surface area contributed by atoms with Crippen LogP contribution in [0.5, 0.6) is 0 Å². The van der Waals surface area contributed by atoms with Gasteiger partial charge in [-0.15, -0.1) is 14.6 Å². The van der Waals surface area contributed by atoms with Crippen LogP contribution in [0, 0.1) is 0 Å². The van der Waals surface area contributed by atoms with E-state index in [9.17, 15) is 13.2 Å².